The first-order valence-corrected chi connectivity index (χ1v) is 3.32. The number of nitriles is 1. The molecular formula is C7H6BrClN2. The monoisotopic (exact) mass is 232 g/mol. The maximum Gasteiger partial charge on any atom is 0.101 e. The standard InChI is InChI=1S/C7H5ClN2.BrH/c8-4-7-6(5-9)2-1-3-10-7;/h1-3H,4H2;1H. The molecule has 4 heteroatoms. The van der Waals surface area contributed by atoms with Gasteiger partial charge in [-0.15, -0.1) is 28.6 Å². The van der Waals surface area contributed by atoms with Crippen molar-refractivity contribution in [3.63, 3.8) is 0 Å². The SMILES string of the molecule is Br.N#Cc1cccnc1CCl. The van der Waals surface area contributed by atoms with E-state index >= 15 is 0 Å². The van der Waals surface area contributed by atoms with Crippen LogP contribution >= 0.6 is 28.6 Å². The van der Waals surface area contributed by atoms with Gasteiger partial charge in [0.1, 0.15) is 6.07 Å². The quantitative estimate of drug-likeness (QED) is 0.698. The number of nitrogens with zero attached hydrogens (tertiary/aromatic N) is 2. The molecule has 0 aromatic carbocycles. The molecule has 0 aliphatic rings. The Bertz CT molecular complexity index is 269. The van der Waals surface area contributed by atoms with E-state index in [-0.39, 0.29) is 17.0 Å². The lowest BCUT2D eigenvalue weighted by Crippen LogP contribution is -1.88. The second kappa shape index (κ2) is 5.11. The third-order valence-corrected chi connectivity index (χ3v) is 1.39. The van der Waals surface area contributed by atoms with Crippen LogP contribution in [-0.2, 0) is 5.88 Å². The van der Waals surface area contributed by atoms with Crippen molar-refractivity contribution in [3.8, 4) is 6.07 Å². The summed E-state index contributed by atoms with van der Waals surface area (Å²) < 4.78 is 0. The smallest absolute Gasteiger partial charge is 0.101 e. The van der Waals surface area contributed by atoms with Crippen LogP contribution in [0.4, 0.5) is 0 Å². The summed E-state index contributed by atoms with van der Waals surface area (Å²) in [7, 11) is 0. The molecule has 1 rings (SSSR count). The van der Waals surface area contributed by atoms with Crippen LogP contribution in [-0.4, -0.2) is 4.98 Å². The Balaban J connectivity index is 0.000001000. The van der Waals surface area contributed by atoms with Gasteiger partial charge in [0.05, 0.1) is 17.1 Å². The first kappa shape index (κ1) is 10.4. The Labute approximate surface area is 80.6 Å². The fourth-order valence-electron chi connectivity index (χ4n) is 0.646. The molecule has 11 heavy (non-hydrogen) atoms. The van der Waals surface area contributed by atoms with E-state index in [4.69, 9.17) is 16.9 Å². The molecule has 0 aliphatic heterocycles. The minimum Gasteiger partial charge on any atom is -0.259 e. The molecule has 0 radical (unpaired) electrons. The van der Waals surface area contributed by atoms with Crippen molar-refractivity contribution in [2.75, 3.05) is 0 Å². The minimum absolute atomic E-state index is 0. The van der Waals surface area contributed by atoms with Gasteiger partial charge in [0.25, 0.3) is 0 Å². The number of aromatic nitrogens is 1. The first-order chi connectivity index (χ1) is 4.88. The summed E-state index contributed by atoms with van der Waals surface area (Å²) in [4.78, 5) is 3.91. The second-order valence-electron chi connectivity index (χ2n) is 1.74. The zero-order valence-corrected chi connectivity index (χ0v) is 8.09. The molecule has 0 spiro atoms. The molecule has 0 fully saturated rings. The van der Waals surface area contributed by atoms with E-state index in [1.807, 2.05) is 6.07 Å². The molecule has 58 valence electrons. The van der Waals surface area contributed by atoms with Crippen molar-refractivity contribution < 1.29 is 0 Å². The van der Waals surface area contributed by atoms with Crippen molar-refractivity contribution in [1.82, 2.24) is 4.98 Å². The highest BCUT2D eigenvalue weighted by Gasteiger charge is 1.97. The van der Waals surface area contributed by atoms with E-state index in [0.29, 0.717) is 17.1 Å². The Hall–Kier alpha value is -0.590. The number of hydrogen-bond donors (Lipinski definition) is 0. The van der Waals surface area contributed by atoms with E-state index in [1.165, 1.54) is 0 Å². The van der Waals surface area contributed by atoms with Crippen molar-refractivity contribution in [1.29, 1.82) is 5.26 Å². The summed E-state index contributed by atoms with van der Waals surface area (Å²) >= 11 is 5.50. The van der Waals surface area contributed by atoms with E-state index < -0.39 is 0 Å². The Morgan fingerprint density at radius 1 is 1.64 bits per heavy atom. The molecule has 0 saturated carbocycles. The molecule has 0 bridgehead atoms. The molecule has 0 atom stereocenters. The third kappa shape index (κ3) is 2.49. The lowest BCUT2D eigenvalue weighted by molar-refractivity contribution is 1.15. The maximum atomic E-state index is 8.50. The average Bonchev–Trinajstić information content (AvgIpc) is 2.04. The fourth-order valence-corrected chi connectivity index (χ4v) is 0.859. The van der Waals surface area contributed by atoms with E-state index in [1.54, 1.807) is 18.3 Å². The minimum atomic E-state index is 0. The summed E-state index contributed by atoms with van der Waals surface area (Å²) in [6, 6.07) is 5.42. The van der Waals surface area contributed by atoms with Gasteiger partial charge < -0.3 is 0 Å². The highest BCUT2D eigenvalue weighted by molar-refractivity contribution is 8.93. The molecule has 0 unspecified atom stereocenters. The van der Waals surface area contributed by atoms with Crippen LogP contribution in [0.25, 0.3) is 0 Å². The molecule has 1 aromatic rings. The highest BCUT2D eigenvalue weighted by Crippen LogP contribution is 2.05. The van der Waals surface area contributed by atoms with Gasteiger partial charge in [-0.3, -0.25) is 4.98 Å². The number of alkyl halides is 1. The molecule has 0 amide bonds. The fraction of sp³-hybridized carbons (Fsp3) is 0.143. The molecule has 0 N–H and O–H groups in total. The van der Waals surface area contributed by atoms with Gasteiger partial charge >= 0.3 is 0 Å². The van der Waals surface area contributed by atoms with E-state index in [0.717, 1.165) is 0 Å². The number of pyridine rings is 1. The predicted molar refractivity (Wildman–Crippen MR) is 48.8 cm³/mol. The molecule has 0 aliphatic carbocycles. The van der Waals surface area contributed by atoms with Crippen LogP contribution in [0.5, 0.6) is 0 Å². The highest BCUT2D eigenvalue weighted by atomic mass is 79.9. The Kier molecular flexibility index (Phi) is 4.84. The summed E-state index contributed by atoms with van der Waals surface area (Å²) in [6.45, 7) is 0. The van der Waals surface area contributed by atoms with Crippen LogP contribution in [0.15, 0.2) is 18.3 Å². The van der Waals surface area contributed by atoms with Crippen molar-refractivity contribution >= 4 is 28.6 Å². The van der Waals surface area contributed by atoms with Gasteiger partial charge in [0.15, 0.2) is 0 Å². The Morgan fingerprint density at radius 2 is 2.36 bits per heavy atom. The van der Waals surface area contributed by atoms with Gasteiger partial charge in [-0.1, -0.05) is 0 Å². The Morgan fingerprint density at radius 3 is 2.82 bits per heavy atom. The van der Waals surface area contributed by atoms with Gasteiger partial charge in [-0.2, -0.15) is 5.26 Å². The molecule has 0 saturated heterocycles. The van der Waals surface area contributed by atoms with Crippen LogP contribution in [0, 0.1) is 11.3 Å². The number of hydrogen-bond acceptors (Lipinski definition) is 2. The summed E-state index contributed by atoms with van der Waals surface area (Å²) in [5.74, 6) is 0.295. The molecule has 1 heterocycles. The van der Waals surface area contributed by atoms with Crippen molar-refractivity contribution in [2.24, 2.45) is 0 Å². The van der Waals surface area contributed by atoms with E-state index in [9.17, 15) is 0 Å². The van der Waals surface area contributed by atoms with Crippen molar-refractivity contribution in [3.05, 3.63) is 29.6 Å². The summed E-state index contributed by atoms with van der Waals surface area (Å²) in [6.07, 6.45) is 1.62. The van der Waals surface area contributed by atoms with Gasteiger partial charge in [0.2, 0.25) is 0 Å². The number of rotatable bonds is 1. The largest absolute Gasteiger partial charge is 0.259 e. The maximum absolute atomic E-state index is 8.50. The second-order valence-corrected chi connectivity index (χ2v) is 2.01. The van der Waals surface area contributed by atoms with Crippen LogP contribution in [0.1, 0.15) is 11.3 Å². The lowest BCUT2D eigenvalue weighted by atomic mass is 10.2. The van der Waals surface area contributed by atoms with Gasteiger partial charge in [0, 0.05) is 6.20 Å². The van der Waals surface area contributed by atoms with Crippen LogP contribution < -0.4 is 0 Å². The molecular weight excluding hydrogens is 227 g/mol. The third-order valence-electron chi connectivity index (χ3n) is 1.14. The normalized spacial score (nSPS) is 8.00. The topological polar surface area (TPSA) is 36.7 Å². The zero-order chi connectivity index (χ0) is 7.40. The van der Waals surface area contributed by atoms with Crippen LogP contribution in [0.3, 0.4) is 0 Å². The number of halogens is 2. The van der Waals surface area contributed by atoms with Gasteiger partial charge in [-0.25, -0.2) is 0 Å². The predicted octanol–water partition coefficient (Wildman–Crippen LogP) is 2.27. The average molecular weight is 233 g/mol. The first-order valence-electron chi connectivity index (χ1n) is 2.78. The van der Waals surface area contributed by atoms with Gasteiger partial charge in [-0.05, 0) is 12.1 Å². The summed E-state index contributed by atoms with van der Waals surface area (Å²) in [5.41, 5.74) is 1.20. The molecule has 2 nitrogen and oxygen atoms in total. The van der Waals surface area contributed by atoms with Crippen molar-refractivity contribution in [2.45, 2.75) is 5.88 Å². The molecule has 1 aromatic heterocycles. The van der Waals surface area contributed by atoms with Crippen LogP contribution in [0.2, 0.25) is 0 Å². The van der Waals surface area contributed by atoms with E-state index in [2.05, 4.69) is 4.98 Å². The lowest BCUT2D eigenvalue weighted by Gasteiger charge is -1.93. The summed E-state index contributed by atoms with van der Waals surface area (Å²) in [5, 5.41) is 8.50. The zero-order valence-electron chi connectivity index (χ0n) is 5.62.